The van der Waals surface area contributed by atoms with Gasteiger partial charge in [0.05, 0.1) is 11.5 Å². The van der Waals surface area contributed by atoms with Gasteiger partial charge in [0.2, 0.25) is 5.91 Å². The summed E-state index contributed by atoms with van der Waals surface area (Å²) in [6, 6.07) is 7.69. The minimum Gasteiger partial charge on any atom is -0.330 e. The normalized spacial score (nSPS) is 27.9. The van der Waals surface area contributed by atoms with Gasteiger partial charge < -0.3 is 16.0 Å². The molecule has 110 valence electrons. The molecule has 0 aliphatic carbocycles. The molecule has 5 heteroatoms. The van der Waals surface area contributed by atoms with Gasteiger partial charge in [0, 0.05) is 12.2 Å². The van der Waals surface area contributed by atoms with Crippen molar-refractivity contribution in [1.29, 1.82) is 5.26 Å². The highest BCUT2D eigenvalue weighted by molar-refractivity contribution is 6.07. The highest BCUT2D eigenvalue weighted by Crippen LogP contribution is 2.46. The Morgan fingerprint density at radius 2 is 2.24 bits per heavy atom. The van der Waals surface area contributed by atoms with E-state index in [4.69, 9.17) is 5.73 Å². The van der Waals surface area contributed by atoms with Crippen LogP contribution in [0.5, 0.6) is 0 Å². The number of carbonyl (C=O) groups excluding carboxylic acids is 1. The van der Waals surface area contributed by atoms with Gasteiger partial charge >= 0.3 is 0 Å². The SMILES string of the molecule is N#CN1CCCC[C@H]1[C@@]1(CCN)C(=O)Nc2ccccc21. The second-order valence-corrected chi connectivity index (χ2v) is 5.81. The summed E-state index contributed by atoms with van der Waals surface area (Å²) in [6.45, 7) is 1.15. The molecule has 0 saturated carbocycles. The van der Waals surface area contributed by atoms with Gasteiger partial charge in [-0.05, 0) is 43.9 Å². The average molecular weight is 284 g/mol. The number of hydrogen-bond donors (Lipinski definition) is 2. The van der Waals surface area contributed by atoms with E-state index in [0.717, 1.165) is 37.1 Å². The summed E-state index contributed by atoms with van der Waals surface area (Å²) in [5.74, 6) is -0.0127. The van der Waals surface area contributed by atoms with Gasteiger partial charge in [0.15, 0.2) is 6.19 Å². The highest BCUT2D eigenvalue weighted by Gasteiger charge is 2.53. The lowest BCUT2D eigenvalue weighted by Crippen LogP contribution is -2.55. The minimum absolute atomic E-state index is 0.0127. The van der Waals surface area contributed by atoms with Crippen LogP contribution in [0.2, 0.25) is 0 Å². The quantitative estimate of drug-likeness (QED) is 0.825. The van der Waals surface area contributed by atoms with E-state index in [-0.39, 0.29) is 11.9 Å². The van der Waals surface area contributed by atoms with E-state index in [0.29, 0.717) is 13.0 Å². The van der Waals surface area contributed by atoms with Crippen molar-refractivity contribution in [3.05, 3.63) is 29.8 Å². The number of hydrogen-bond acceptors (Lipinski definition) is 4. The number of likely N-dealkylation sites (tertiary alicyclic amines) is 1. The first-order valence-electron chi connectivity index (χ1n) is 7.51. The summed E-state index contributed by atoms with van der Waals surface area (Å²) in [4.78, 5) is 14.6. The highest BCUT2D eigenvalue weighted by atomic mass is 16.2. The van der Waals surface area contributed by atoms with Gasteiger partial charge in [-0.2, -0.15) is 5.26 Å². The van der Waals surface area contributed by atoms with Crippen molar-refractivity contribution in [3.63, 3.8) is 0 Å². The molecule has 1 fully saturated rings. The number of nitrogens with two attached hydrogens (primary N) is 1. The Hall–Kier alpha value is -2.06. The predicted octanol–water partition coefficient (Wildman–Crippen LogP) is 1.56. The number of rotatable bonds is 3. The lowest BCUT2D eigenvalue weighted by Gasteiger charge is -2.43. The summed E-state index contributed by atoms with van der Waals surface area (Å²) in [5.41, 5.74) is 6.99. The van der Waals surface area contributed by atoms with Crippen LogP contribution in [0.1, 0.15) is 31.2 Å². The van der Waals surface area contributed by atoms with E-state index in [1.54, 1.807) is 4.90 Å². The molecule has 5 nitrogen and oxygen atoms in total. The standard InChI is InChI=1S/C16H20N4O/c17-9-8-16(14-7-3-4-10-20(14)11-18)12-5-1-2-6-13(12)19-15(16)21/h1-2,5-6,14H,3-4,7-10,17H2,(H,19,21)/t14-,16-/m0/s1. The number of amides is 1. The first-order valence-corrected chi connectivity index (χ1v) is 7.51. The van der Waals surface area contributed by atoms with Gasteiger partial charge in [-0.1, -0.05) is 18.2 Å². The van der Waals surface area contributed by atoms with Crippen LogP contribution in [-0.4, -0.2) is 29.9 Å². The number of anilines is 1. The van der Waals surface area contributed by atoms with E-state index in [1.165, 1.54) is 0 Å². The molecular formula is C16H20N4O. The maximum Gasteiger partial charge on any atom is 0.237 e. The molecule has 2 heterocycles. The van der Waals surface area contributed by atoms with Crippen molar-refractivity contribution >= 4 is 11.6 Å². The number of nitrogens with one attached hydrogen (secondary N) is 1. The first kappa shape index (κ1) is 13.9. The summed E-state index contributed by atoms with van der Waals surface area (Å²) < 4.78 is 0. The molecule has 0 radical (unpaired) electrons. The zero-order valence-electron chi connectivity index (χ0n) is 12.0. The number of fused-ring (bicyclic) bond motifs is 1. The summed E-state index contributed by atoms with van der Waals surface area (Å²) in [6.07, 6.45) is 5.75. The fourth-order valence-corrected chi connectivity index (χ4v) is 3.87. The van der Waals surface area contributed by atoms with Crippen molar-refractivity contribution < 1.29 is 4.79 Å². The predicted molar refractivity (Wildman–Crippen MR) is 80.4 cm³/mol. The molecule has 1 amide bonds. The van der Waals surface area contributed by atoms with Gasteiger partial charge in [0.1, 0.15) is 0 Å². The third-order valence-electron chi connectivity index (χ3n) is 4.80. The molecule has 0 unspecified atom stereocenters. The van der Waals surface area contributed by atoms with E-state index in [1.807, 2.05) is 24.3 Å². The Kier molecular flexibility index (Phi) is 3.56. The van der Waals surface area contributed by atoms with Crippen molar-refractivity contribution in [2.45, 2.75) is 37.1 Å². The van der Waals surface area contributed by atoms with E-state index in [9.17, 15) is 10.1 Å². The zero-order chi connectivity index (χ0) is 14.9. The Labute approximate surface area is 124 Å². The lowest BCUT2D eigenvalue weighted by atomic mass is 9.69. The molecule has 3 N–H and O–H groups in total. The Morgan fingerprint density at radius 3 is 3.00 bits per heavy atom. The topological polar surface area (TPSA) is 82.2 Å². The van der Waals surface area contributed by atoms with Crippen molar-refractivity contribution in [2.75, 3.05) is 18.4 Å². The summed E-state index contributed by atoms with van der Waals surface area (Å²) >= 11 is 0. The monoisotopic (exact) mass is 284 g/mol. The summed E-state index contributed by atoms with van der Waals surface area (Å²) in [7, 11) is 0. The fraction of sp³-hybridized carbons (Fsp3) is 0.500. The van der Waals surface area contributed by atoms with Crippen LogP contribution in [-0.2, 0) is 10.2 Å². The zero-order valence-corrected chi connectivity index (χ0v) is 12.0. The number of para-hydroxylation sites is 1. The molecule has 0 aromatic heterocycles. The van der Waals surface area contributed by atoms with Gasteiger partial charge in [-0.25, -0.2) is 0 Å². The van der Waals surface area contributed by atoms with E-state index >= 15 is 0 Å². The van der Waals surface area contributed by atoms with Crippen LogP contribution in [0.25, 0.3) is 0 Å². The van der Waals surface area contributed by atoms with Crippen LogP contribution in [0.4, 0.5) is 5.69 Å². The maximum absolute atomic E-state index is 12.8. The van der Waals surface area contributed by atoms with Crippen LogP contribution in [0.3, 0.4) is 0 Å². The van der Waals surface area contributed by atoms with Crippen LogP contribution < -0.4 is 11.1 Å². The van der Waals surface area contributed by atoms with E-state index < -0.39 is 5.41 Å². The molecular weight excluding hydrogens is 264 g/mol. The second-order valence-electron chi connectivity index (χ2n) is 5.81. The first-order chi connectivity index (χ1) is 10.2. The molecule has 0 spiro atoms. The molecule has 0 bridgehead atoms. The molecule has 3 rings (SSSR count). The smallest absolute Gasteiger partial charge is 0.237 e. The third-order valence-corrected chi connectivity index (χ3v) is 4.80. The van der Waals surface area contributed by atoms with E-state index in [2.05, 4.69) is 11.5 Å². The Balaban J connectivity index is 2.12. The largest absolute Gasteiger partial charge is 0.330 e. The van der Waals surface area contributed by atoms with Crippen molar-refractivity contribution in [1.82, 2.24) is 4.90 Å². The molecule has 1 saturated heterocycles. The number of piperidine rings is 1. The molecule has 21 heavy (non-hydrogen) atoms. The van der Waals surface area contributed by atoms with Crippen LogP contribution in [0.15, 0.2) is 24.3 Å². The van der Waals surface area contributed by atoms with Crippen LogP contribution >= 0.6 is 0 Å². The van der Waals surface area contributed by atoms with Crippen molar-refractivity contribution in [3.8, 4) is 6.19 Å². The lowest BCUT2D eigenvalue weighted by molar-refractivity contribution is -0.123. The number of nitrogens with zero attached hydrogens (tertiary/aromatic N) is 2. The summed E-state index contributed by atoms with van der Waals surface area (Å²) in [5, 5.41) is 12.4. The molecule has 1 aromatic carbocycles. The third kappa shape index (κ3) is 1.98. The molecule has 2 aliphatic heterocycles. The maximum atomic E-state index is 12.8. The molecule has 1 aromatic rings. The van der Waals surface area contributed by atoms with Gasteiger partial charge in [0.25, 0.3) is 0 Å². The van der Waals surface area contributed by atoms with Gasteiger partial charge in [-0.3, -0.25) is 4.79 Å². The van der Waals surface area contributed by atoms with Crippen molar-refractivity contribution in [2.24, 2.45) is 5.73 Å². The second kappa shape index (κ2) is 5.38. The fourth-order valence-electron chi connectivity index (χ4n) is 3.87. The number of carbonyl (C=O) groups is 1. The molecule has 2 atom stereocenters. The number of nitriles is 1. The number of benzene rings is 1. The minimum atomic E-state index is -0.693. The van der Waals surface area contributed by atoms with Crippen LogP contribution in [0, 0.1) is 11.5 Å². The Morgan fingerprint density at radius 1 is 1.43 bits per heavy atom. The average Bonchev–Trinajstić information content (AvgIpc) is 2.81. The molecule has 2 aliphatic rings. The Bertz CT molecular complexity index is 594. The van der Waals surface area contributed by atoms with Gasteiger partial charge in [-0.15, -0.1) is 0 Å².